The largest absolute Gasteiger partial charge is 0.381 e. The van der Waals surface area contributed by atoms with Crippen molar-refractivity contribution in [2.45, 2.75) is 12.5 Å². The molecule has 3 N–H and O–H groups in total. The van der Waals surface area contributed by atoms with E-state index in [9.17, 15) is 5.11 Å². The van der Waals surface area contributed by atoms with Crippen LogP contribution in [0.4, 0.5) is 0 Å². The van der Waals surface area contributed by atoms with E-state index in [0.717, 1.165) is 5.57 Å². The van der Waals surface area contributed by atoms with Gasteiger partial charge in [-0.1, -0.05) is 29.4 Å². The van der Waals surface area contributed by atoms with Gasteiger partial charge in [0.05, 0.1) is 0 Å². The molecular weight excluding hydrogens is 170 g/mol. The Bertz CT molecular complexity index is 287. The van der Waals surface area contributed by atoms with E-state index in [2.05, 4.69) is 6.58 Å². The molecule has 1 heterocycles. The van der Waals surface area contributed by atoms with Crippen molar-refractivity contribution in [3.05, 3.63) is 35.8 Å². The van der Waals surface area contributed by atoms with Gasteiger partial charge < -0.3 is 5.11 Å². The van der Waals surface area contributed by atoms with Crippen LogP contribution in [0.1, 0.15) is 6.92 Å². The van der Waals surface area contributed by atoms with Crippen LogP contribution < -0.4 is 5.14 Å². The Labute approximate surface area is 75.1 Å². The summed E-state index contributed by atoms with van der Waals surface area (Å²) in [6.45, 7) is 5.35. The van der Waals surface area contributed by atoms with E-state index in [4.69, 9.17) is 5.14 Å². The van der Waals surface area contributed by atoms with E-state index in [-0.39, 0.29) is 0 Å². The van der Waals surface area contributed by atoms with E-state index in [1.165, 1.54) is 0 Å². The second kappa shape index (κ2) is 3.39. The normalized spacial score (nSPS) is 34.9. The van der Waals surface area contributed by atoms with E-state index < -0.39 is 16.3 Å². The highest BCUT2D eigenvalue weighted by Gasteiger charge is 2.14. The minimum atomic E-state index is -0.904. The van der Waals surface area contributed by atoms with E-state index in [1.54, 1.807) is 24.4 Å². The molecule has 12 heavy (non-hydrogen) atoms. The molecule has 3 heteroatoms. The van der Waals surface area contributed by atoms with Crippen LogP contribution in [-0.4, -0.2) is 16.1 Å². The minimum absolute atomic E-state index is 0.478. The van der Waals surface area contributed by atoms with Crippen LogP contribution in [0.2, 0.25) is 0 Å². The van der Waals surface area contributed by atoms with Crippen molar-refractivity contribution >= 4 is 16.0 Å². The highest BCUT2D eigenvalue weighted by Crippen LogP contribution is 2.19. The number of hydrogen-bond donors (Lipinski definition) is 2. The van der Waals surface area contributed by atoms with Gasteiger partial charge in [-0.05, 0) is 29.3 Å². The van der Waals surface area contributed by atoms with Crippen molar-refractivity contribution in [3.8, 4) is 0 Å². The van der Waals surface area contributed by atoms with E-state index >= 15 is 0 Å². The quantitative estimate of drug-likeness (QED) is 0.602. The van der Waals surface area contributed by atoms with Crippen LogP contribution in [0.15, 0.2) is 35.8 Å². The fraction of sp³-hybridized carbons (Fsp3) is 0.222. The van der Waals surface area contributed by atoms with E-state index in [1.807, 2.05) is 11.5 Å². The Hall–Kier alpha value is -0.640. The van der Waals surface area contributed by atoms with Crippen molar-refractivity contribution in [2.75, 3.05) is 0 Å². The first-order valence-corrected chi connectivity index (χ1v) is 5.03. The molecule has 0 aromatic rings. The van der Waals surface area contributed by atoms with Crippen LogP contribution in [0.5, 0.6) is 0 Å². The summed E-state index contributed by atoms with van der Waals surface area (Å²) in [7, 11) is -0.478. The van der Waals surface area contributed by atoms with E-state index in [0.29, 0.717) is 0 Å². The standard InChI is InChI=1S/C9H13NOS/c1-3-8-4-5-9(2,11)7-12(10)6-8/h3-7,11H,1,10H2,2H3/t9-,12?/m0/s1. The number of aliphatic hydroxyl groups is 1. The van der Waals surface area contributed by atoms with Crippen LogP contribution in [-0.2, 0) is 0 Å². The number of hydrogen-bond acceptors (Lipinski definition) is 2. The molecule has 1 unspecified atom stereocenters. The maximum Gasteiger partial charge on any atom is 0.105 e. The second-order valence-corrected chi connectivity index (χ2v) is 4.20. The van der Waals surface area contributed by atoms with Gasteiger partial charge in [-0.2, -0.15) is 0 Å². The zero-order valence-corrected chi connectivity index (χ0v) is 7.84. The molecule has 2 atom stereocenters. The third-order valence-corrected chi connectivity index (χ3v) is 2.79. The number of allylic oxidation sites excluding steroid dienone is 3. The van der Waals surface area contributed by atoms with Crippen LogP contribution in [0.25, 0.3) is 0 Å². The fourth-order valence-electron chi connectivity index (χ4n) is 0.926. The van der Waals surface area contributed by atoms with Gasteiger partial charge in [-0.3, -0.25) is 5.14 Å². The average molecular weight is 183 g/mol. The predicted molar refractivity (Wildman–Crippen MR) is 55.9 cm³/mol. The monoisotopic (exact) mass is 183 g/mol. The van der Waals surface area contributed by atoms with Crippen LogP contribution in [0.3, 0.4) is 0 Å². The Morgan fingerprint density at radius 2 is 2.42 bits per heavy atom. The SMILES string of the molecule is C=CC1=CS(N)=C[C@@](C)(O)C=C1. The van der Waals surface area contributed by atoms with Crippen molar-refractivity contribution in [1.82, 2.24) is 0 Å². The smallest absolute Gasteiger partial charge is 0.105 e. The molecule has 2 nitrogen and oxygen atoms in total. The fourth-order valence-corrected chi connectivity index (χ4v) is 2.11. The Morgan fingerprint density at radius 3 is 3.00 bits per heavy atom. The molecule has 0 bridgehead atoms. The van der Waals surface area contributed by atoms with Crippen molar-refractivity contribution in [1.29, 1.82) is 0 Å². The molecule has 66 valence electrons. The minimum Gasteiger partial charge on any atom is -0.381 e. The molecule has 0 aromatic carbocycles. The molecule has 0 spiro atoms. The summed E-state index contributed by atoms with van der Waals surface area (Å²) >= 11 is 0. The molecule has 1 rings (SSSR count). The summed E-state index contributed by atoms with van der Waals surface area (Å²) in [4.78, 5) is 0. The summed E-state index contributed by atoms with van der Waals surface area (Å²) in [6.07, 6.45) is 5.25. The number of rotatable bonds is 1. The lowest BCUT2D eigenvalue weighted by Gasteiger charge is -2.12. The molecule has 1 aliphatic rings. The van der Waals surface area contributed by atoms with Crippen molar-refractivity contribution in [2.24, 2.45) is 5.14 Å². The average Bonchev–Trinajstić information content (AvgIpc) is 2.07. The van der Waals surface area contributed by atoms with Crippen LogP contribution >= 0.6 is 10.7 Å². The maximum atomic E-state index is 9.66. The third-order valence-electron chi connectivity index (χ3n) is 1.50. The number of nitrogens with two attached hydrogens (primary N) is 1. The first-order valence-electron chi connectivity index (χ1n) is 3.62. The van der Waals surface area contributed by atoms with Crippen molar-refractivity contribution in [3.63, 3.8) is 0 Å². The molecule has 0 aliphatic carbocycles. The zero-order valence-electron chi connectivity index (χ0n) is 7.03. The van der Waals surface area contributed by atoms with Gasteiger partial charge in [0.1, 0.15) is 5.60 Å². The first kappa shape index (κ1) is 9.45. The Kier molecular flexibility index (Phi) is 2.67. The van der Waals surface area contributed by atoms with Gasteiger partial charge in [0, 0.05) is 0 Å². The van der Waals surface area contributed by atoms with Crippen LogP contribution in [0, 0.1) is 0 Å². The van der Waals surface area contributed by atoms with Gasteiger partial charge in [-0.25, -0.2) is 0 Å². The lowest BCUT2D eigenvalue weighted by molar-refractivity contribution is 0.192. The summed E-state index contributed by atoms with van der Waals surface area (Å²) < 4.78 is 0. The second-order valence-electron chi connectivity index (χ2n) is 2.91. The predicted octanol–water partition coefficient (Wildman–Crippen LogP) is 1.32. The van der Waals surface area contributed by atoms with Gasteiger partial charge in [0.2, 0.25) is 0 Å². The maximum absolute atomic E-state index is 9.66. The van der Waals surface area contributed by atoms with Gasteiger partial charge in [0.25, 0.3) is 0 Å². The summed E-state index contributed by atoms with van der Waals surface area (Å²) in [5.74, 6) is 0. The summed E-state index contributed by atoms with van der Waals surface area (Å²) in [5.41, 5.74) is 0.0499. The molecule has 1 aliphatic heterocycles. The Balaban J connectivity index is 3.06. The molecule has 0 aromatic heterocycles. The molecule has 0 fully saturated rings. The van der Waals surface area contributed by atoms with Crippen molar-refractivity contribution < 1.29 is 5.11 Å². The lowest BCUT2D eigenvalue weighted by atomic mass is 10.1. The summed E-state index contributed by atoms with van der Waals surface area (Å²) in [6, 6.07) is 0. The summed E-state index contributed by atoms with van der Waals surface area (Å²) in [5, 5.41) is 19.0. The van der Waals surface area contributed by atoms with Gasteiger partial charge in [-0.15, -0.1) is 0 Å². The zero-order chi connectivity index (χ0) is 9.19. The highest BCUT2D eigenvalue weighted by molar-refractivity contribution is 8.15. The third kappa shape index (κ3) is 2.44. The Morgan fingerprint density at radius 1 is 1.75 bits per heavy atom. The van der Waals surface area contributed by atoms with Gasteiger partial charge >= 0.3 is 0 Å². The highest BCUT2D eigenvalue weighted by atomic mass is 32.2. The lowest BCUT2D eigenvalue weighted by Crippen LogP contribution is -2.22. The topological polar surface area (TPSA) is 46.2 Å². The van der Waals surface area contributed by atoms with Gasteiger partial charge in [0.15, 0.2) is 0 Å². The molecule has 0 amide bonds. The first-order chi connectivity index (χ1) is 5.53. The molecule has 0 saturated heterocycles. The molecule has 0 radical (unpaired) electrons. The molecular formula is C9H13NOS. The molecule has 0 saturated carbocycles.